The second-order valence-electron chi connectivity index (χ2n) is 9.12. The van der Waals surface area contributed by atoms with Crippen molar-refractivity contribution in [2.75, 3.05) is 45.8 Å². The van der Waals surface area contributed by atoms with E-state index in [1.54, 1.807) is 4.31 Å². The molecule has 5 nitrogen and oxygen atoms in total. The van der Waals surface area contributed by atoms with E-state index in [1.165, 1.54) is 38.9 Å². The van der Waals surface area contributed by atoms with Crippen LogP contribution in [0.5, 0.6) is 0 Å². The van der Waals surface area contributed by atoms with Crippen molar-refractivity contribution < 1.29 is 8.42 Å². The lowest BCUT2D eigenvalue weighted by Crippen LogP contribution is -2.62. The molecule has 3 fully saturated rings. The number of nitrogens with zero attached hydrogens (tertiary/aromatic N) is 3. The zero-order chi connectivity index (χ0) is 19.6. The van der Waals surface area contributed by atoms with Crippen LogP contribution in [-0.2, 0) is 15.8 Å². The van der Waals surface area contributed by atoms with Crippen molar-refractivity contribution in [3.8, 4) is 0 Å². The van der Waals surface area contributed by atoms with E-state index >= 15 is 0 Å². The van der Waals surface area contributed by atoms with Crippen molar-refractivity contribution in [3.63, 3.8) is 0 Å². The SMILES string of the molecule is CCCN1CCC(N2CCC3(CC2)CN(S(=O)(=O)Cc2ccccc2)C3)CC1. The molecule has 28 heavy (non-hydrogen) atoms. The Kier molecular flexibility index (Phi) is 6.12. The van der Waals surface area contributed by atoms with E-state index in [4.69, 9.17) is 0 Å². The van der Waals surface area contributed by atoms with Gasteiger partial charge in [-0.1, -0.05) is 37.3 Å². The molecule has 0 N–H and O–H groups in total. The average Bonchev–Trinajstić information content (AvgIpc) is 2.67. The van der Waals surface area contributed by atoms with E-state index in [1.807, 2.05) is 30.3 Å². The molecule has 3 aliphatic heterocycles. The molecule has 3 saturated heterocycles. The number of sulfonamides is 1. The molecule has 0 amide bonds. The summed E-state index contributed by atoms with van der Waals surface area (Å²) in [4.78, 5) is 5.29. The van der Waals surface area contributed by atoms with E-state index < -0.39 is 10.0 Å². The number of hydrogen-bond donors (Lipinski definition) is 0. The minimum absolute atomic E-state index is 0.131. The summed E-state index contributed by atoms with van der Waals surface area (Å²) in [5.74, 6) is 0.131. The molecule has 0 saturated carbocycles. The molecule has 6 heteroatoms. The lowest BCUT2D eigenvalue weighted by Gasteiger charge is -2.54. The molecule has 0 bridgehead atoms. The molecular weight excluding hydrogens is 370 g/mol. The van der Waals surface area contributed by atoms with Crippen LogP contribution >= 0.6 is 0 Å². The first-order valence-corrected chi connectivity index (χ1v) is 12.6. The van der Waals surface area contributed by atoms with Crippen LogP contribution in [0.2, 0.25) is 0 Å². The fourth-order valence-corrected chi connectivity index (χ4v) is 7.02. The number of piperidine rings is 2. The monoisotopic (exact) mass is 405 g/mol. The molecule has 156 valence electrons. The molecule has 1 aromatic carbocycles. The summed E-state index contributed by atoms with van der Waals surface area (Å²) >= 11 is 0. The molecule has 1 aromatic rings. The molecule has 0 aromatic heterocycles. The van der Waals surface area contributed by atoms with Crippen LogP contribution in [-0.4, -0.2) is 74.4 Å². The van der Waals surface area contributed by atoms with Gasteiger partial charge >= 0.3 is 0 Å². The van der Waals surface area contributed by atoms with Crippen molar-refractivity contribution in [2.45, 2.75) is 50.8 Å². The van der Waals surface area contributed by atoms with Gasteiger partial charge in [0.2, 0.25) is 10.0 Å². The third-order valence-corrected chi connectivity index (χ3v) is 8.82. The normalized spacial score (nSPS) is 25.0. The smallest absolute Gasteiger partial charge is 0.218 e. The quantitative estimate of drug-likeness (QED) is 0.730. The summed E-state index contributed by atoms with van der Waals surface area (Å²) in [6.07, 6.45) is 6.15. The molecular formula is C22H35N3O2S. The molecule has 0 unspecified atom stereocenters. The average molecular weight is 406 g/mol. The van der Waals surface area contributed by atoms with Gasteiger partial charge in [-0.15, -0.1) is 0 Å². The summed E-state index contributed by atoms with van der Waals surface area (Å²) in [6.45, 7) is 9.73. The molecule has 4 rings (SSSR count). The van der Waals surface area contributed by atoms with Gasteiger partial charge < -0.3 is 9.80 Å². The number of likely N-dealkylation sites (tertiary alicyclic amines) is 2. The highest BCUT2D eigenvalue weighted by Gasteiger charge is 2.49. The van der Waals surface area contributed by atoms with Crippen molar-refractivity contribution in [1.82, 2.24) is 14.1 Å². The predicted molar refractivity (Wildman–Crippen MR) is 114 cm³/mol. The minimum Gasteiger partial charge on any atom is -0.303 e. The number of rotatable bonds is 6. The summed E-state index contributed by atoms with van der Waals surface area (Å²) in [7, 11) is -3.18. The molecule has 0 radical (unpaired) electrons. The van der Waals surface area contributed by atoms with Crippen molar-refractivity contribution >= 4 is 10.0 Å². The molecule has 1 spiro atoms. The Balaban J connectivity index is 1.24. The Morgan fingerprint density at radius 1 is 1.00 bits per heavy atom. The minimum atomic E-state index is -3.18. The van der Waals surface area contributed by atoms with Gasteiger partial charge in [0.15, 0.2) is 0 Å². The molecule has 3 heterocycles. The Hall–Kier alpha value is -0.950. The van der Waals surface area contributed by atoms with E-state index in [0.29, 0.717) is 0 Å². The van der Waals surface area contributed by atoms with Gasteiger partial charge in [0.1, 0.15) is 0 Å². The fourth-order valence-electron chi connectivity index (χ4n) is 5.28. The summed E-state index contributed by atoms with van der Waals surface area (Å²) in [5.41, 5.74) is 1.12. The van der Waals surface area contributed by atoms with Crippen LogP contribution in [0.1, 0.15) is 44.6 Å². The maximum atomic E-state index is 12.7. The van der Waals surface area contributed by atoms with Gasteiger partial charge in [-0.05, 0) is 70.4 Å². The van der Waals surface area contributed by atoms with Gasteiger partial charge in [-0.3, -0.25) is 0 Å². The summed E-state index contributed by atoms with van der Waals surface area (Å²) < 4.78 is 27.2. The van der Waals surface area contributed by atoms with E-state index in [2.05, 4.69) is 16.7 Å². The Morgan fingerprint density at radius 3 is 2.25 bits per heavy atom. The second kappa shape index (κ2) is 8.42. The first kappa shape index (κ1) is 20.3. The zero-order valence-corrected chi connectivity index (χ0v) is 18.0. The first-order chi connectivity index (χ1) is 13.5. The predicted octanol–water partition coefficient (Wildman–Crippen LogP) is 2.79. The standard InChI is InChI=1S/C22H35N3O2S/c1-2-12-23-13-8-21(9-14-23)24-15-10-22(11-16-24)18-25(19-22)28(26,27)17-20-6-4-3-5-7-20/h3-7,21H,2,8-19H2,1H3. The largest absolute Gasteiger partial charge is 0.303 e. The van der Waals surface area contributed by atoms with Gasteiger partial charge in [-0.25, -0.2) is 12.7 Å². The lowest BCUT2D eigenvalue weighted by atomic mass is 9.73. The van der Waals surface area contributed by atoms with Crippen LogP contribution in [0.4, 0.5) is 0 Å². The summed E-state index contributed by atoms with van der Waals surface area (Å²) in [5, 5.41) is 0. The fraction of sp³-hybridized carbons (Fsp3) is 0.727. The second-order valence-corrected chi connectivity index (χ2v) is 11.1. The Bertz CT molecular complexity index is 728. The van der Waals surface area contributed by atoms with Gasteiger partial charge in [-0.2, -0.15) is 0 Å². The van der Waals surface area contributed by atoms with E-state index in [-0.39, 0.29) is 11.2 Å². The van der Waals surface area contributed by atoms with Gasteiger partial charge in [0.25, 0.3) is 0 Å². The number of hydrogen-bond acceptors (Lipinski definition) is 4. The lowest BCUT2D eigenvalue weighted by molar-refractivity contribution is -0.0202. The van der Waals surface area contributed by atoms with E-state index in [9.17, 15) is 8.42 Å². The molecule has 0 aliphatic carbocycles. The van der Waals surface area contributed by atoms with Crippen LogP contribution in [0.15, 0.2) is 30.3 Å². The highest BCUT2D eigenvalue weighted by Crippen LogP contribution is 2.43. The van der Waals surface area contributed by atoms with Crippen molar-refractivity contribution in [3.05, 3.63) is 35.9 Å². The number of benzene rings is 1. The van der Waals surface area contributed by atoms with E-state index in [0.717, 1.165) is 50.6 Å². The van der Waals surface area contributed by atoms with Crippen LogP contribution in [0.25, 0.3) is 0 Å². The van der Waals surface area contributed by atoms with Crippen molar-refractivity contribution in [2.24, 2.45) is 5.41 Å². The van der Waals surface area contributed by atoms with Crippen molar-refractivity contribution in [1.29, 1.82) is 0 Å². The highest BCUT2D eigenvalue weighted by atomic mass is 32.2. The van der Waals surface area contributed by atoms with Crippen LogP contribution in [0, 0.1) is 5.41 Å². The maximum Gasteiger partial charge on any atom is 0.218 e. The third kappa shape index (κ3) is 4.45. The Labute approximate surface area is 170 Å². The summed E-state index contributed by atoms with van der Waals surface area (Å²) in [6, 6.07) is 10.3. The zero-order valence-electron chi connectivity index (χ0n) is 17.2. The van der Waals surface area contributed by atoms with Crippen LogP contribution in [0.3, 0.4) is 0 Å². The third-order valence-electron chi connectivity index (χ3n) is 7.08. The maximum absolute atomic E-state index is 12.7. The van der Waals surface area contributed by atoms with Crippen LogP contribution < -0.4 is 0 Å². The van der Waals surface area contributed by atoms with Gasteiger partial charge in [0, 0.05) is 24.5 Å². The Morgan fingerprint density at radius 2 is 1.64 bits per heavy atom. The van der Waals surface area contributed by atoms with Gasteiger partial charge in [0.05, 0.1) is 5.75 Å². The molecule has 0 atom stereocenters. The first-order valence-electron chi connectivity index (χ1n) is 11.0. The highest BCUT2D eigenvalue weighted by molar-refractivity contribution is 7.88. The molecule has 3 aliphatic rings. The topological polar surface area (TPSA) is 43.9 Å².